The minimum atomic E-state index is -0.0803. The summed E-state index contributed by atoms with van der Waals surface area (Å²) in [5.41, 5.74) is 1.18. The topological polar surface area (TPSA) is 24.6 Å². The van der Waals surface area contributed by atoms with Gasteiger partial charge >= 0.3 is 0 Å². The van der Waals surface area contributed by atoms with Crippen LogP contribution >= 0.6 is 0 Å². The zero-order valence-electron chi connectivity index (χ0n) is 11.5. The van der Waals surface area contributed by atoms with E-state index < -0.39 is 0 Å². The molecule has 18 heavy (non-hydrogen) atoms. The fourth-order valence-electron chi connectivity index (χ4n) is 2.84. The molecule has 2 heterocycles. The van der Waals surface area contributed by atoms with Crippen molar-refractivity contribution in [1.82, 2.24) is 4.90 Å². The van der Waals surface area contributed by atoms with E-state index in [4.69, 9.17) is 9.73 Å². The number of likely N-dealkylation sites (N-methyl/N-ethyl adjacent to an activating group) is 1. The van der Waals surface area contributed by atoms with Crippen molar-refractivity contribution in [2.75, 3.05) is 13.7 Å². The molecule has 1 aromatic carbocycles. The maximum absolute atomic E-state index is 5.83. The van der Waals surface area contributed by atoms with Gasteiger partial charge in [-0.2, -0.15) is 0 Å². The van der Waals surface area contributed by atoms with Gasteiger partial charge in [-0.15, -0.1) is 0 Å². The fraction of sp³-hybridized carbons (Fsp3) is 0.533. The highest BCUT2D eigenvalue weighted by Crippen LogP contribution is 2.53. The van der Waals surface area contributed by atoms with Crippen LogP contribution in [0.4, 0.5) is 0 Å². The van der Waals surface area contributed by atoms with Crippen LogP contribution in [0.25, 0.3) is 0 Å². The monoisotopic (exact) mass is 244 g/mol. The Balaban J connectivity index is 1.90. The summed E-state index contributed by atoms with van der Waals surface area (Å²) in [6, 6.07) is 11.0. The SMILES string of the molecule is CN1[C@@H](c2ccccc2)[C@]1(C)C1=NC(C)(C)CO1. The number of ether oxygens (including phenoxy) is 1. The van der Waals surface area contributed by atoms with E-state index in [1.54, 1.807) is 0 Å². The van der Waals surface area contributed by atoms with Crippen LogP contribution < -0.4 is 0 Å². The molecule has 3 rings (SSSR count). The molecule has 0 radical (unpaired) electrons. The van der Waals surface area contributed by atoms with Crippen molar-refractivity contribution in [3.63, 3.8) is 0 Å². The van der Waals surface area contributed by atoms with Gasteiger partial charge < -0.3 is 4.74 Å². The molecule has 3 heteroatoms. The second kappa shape index (κ2) is 3.58. The van der Waals surface area contributed by atoms with Crippen molar-refractivity contribution < 1.29 is 4.74 Å². The van der Waals surface area contributed by atoms with Gasteiger partial charge in [0.2, 0.25) is 5.90 Å². The van der Waals surface area contributed by atoms with Gasteiger partial charge in [-0.1, -0.05) is 30.3 Å². The Bertz CT molecular complexity index is 494. The van der Waals surface area contributed by atoms with Gasteiger partial charge in [0.1, 0.15) is 12.1 Å². The Hall–Kier alpha value is -1.35. The van der Waals surface area contributed by atoms with Crippen molar-refractivity contribution in [3.8, 4) is 0 Å². The van der Waals surface area contributed by atoms with E-state index in [-0.39, 0.29) is 11.1 Å². The van der Waals surface area contributed by atoms with Crippen molar-refractivity contribution in [1.29, 1.82) is 0 Å². The van der Waals surface area contributed by atoms with Gasteiger partial charge in [-0.3, -0.25) is 4.90 Å². The summed E-state index contributed by atoms with van der Waals surface area (Å²) in [6.07, 6.45) is 0. The molecule has 2 aliphatic heterocycles. The van der Waals surface area contributed by atoms with Gasteiger partial charge in [-0.05, 0) is 33.4 Å². The highest BCUT2D eigenvalue weighted by Gasteiger charge is 2.63. The van der Waals surface area contributed by atoms with Gasteiger partial charge in [0.15, 0.2) is 0 Å². The van der Waals surface area contributed by atoms with E-state index in [2.05, 4.69) is 63.1 Å². The van der Waals surface area contributed by atoms with Crippen LogP contribution in [0, 0.1) is 0 Å². The number of benzene rings is 1. The van der Waals surface area contributed by atoms with E-state index in [0.717, 1.165) is 5.90 Å². The Morgan fingerprint density at radius 2 is 1.89 bits per heavy atom. The normalized spacial score (nSPS) is 37.0. The third kappa shape index (κ3) is 1.57. The summed E-state index contributed by atoms with van der Waals surface area (Å²) in [6.45, 7) is 7.13. The predicted octanol–water partition coefficient (Wildman–Crippen LogP) is 2.64. The van der Waals surface area contributed by atoms with Crippen LogP contribution in [-0.4, -0.2) is 35.5 Å². The van der Waals surface area contributed by atoms with E-state index in [1.165, 1.54) is 5.56 Å². The molecule has 0 aliphatic carbocycles. The zero-order chi connectivity index (χ0) is 13.0. The van der Waals surface area contributed by atoms with Gasteiger partial charge in [-0.25, -0.2) is 4.99 Å². The molecule has 0 amide bonds. The maximum atomic E-state index is 5.83. The summed E-state index contributed by atoms with van der Waals surface area (Å²) < 4.78 is 5.83. The van der Waals surface area contributed by atoms with Crippen molar-refractivity contribution in [2.45, 2.75) is 37.9 Å². The first-order valence-corrected chi connectivity index (χ1v) is 6.46. The molecule has 1 fully saturated rings. The minimum absolute atomic E-state index is 0.0743. The van der Waals surface area contributed by atoms with E-state index in [9.17, 15) is 0 Å². The lowest BCUT2D eigenvalue weighted by Gasteiger charge is -2.09. The Kier molecular flexibility index (Phi) is 2.33. The highest BCUT2D eigenvalue weighted by molar-refractivity contribution is 5.92. The molecule has 3 atom stereocenters. The molecular weight excluding hydrogens is 224 g/mol. The molecule has 0 N–H and O–H groups in total. The molecule has 3 nitrogen and oxygen atoms in total. The number of aliphatic imine (C=N–C) groups is 1. The number of hydrogen-bond acceptors (Lipinski definition) is 3. The summed E-state index contributed by atoms with van der Waals surface area (Å²) in [4.78, 5) is 7.06. The number of hydrogen-bond donors (Lipinski definition) is 0. The standard InChI is InChI=1S/C15H20N2O/c1-14(2)10-18-13(16-14)15(3)12(17(15)4)11-8-6-5-7-9-11/h5-9,12H,10H2,1-4H3/t12-,15+,17?/m0/s1. The van der Waals surface area contributed by atoms with Crippen LogP contribution in [0.3, 0.4) is 0 Å². The molecule has 0 saturated carbocycles. The predicted molar refractivity (Wildman–Crippen MR) is 72.8 cm³/mol. The second-order valence-electron chi connectivity index (χ2n) is 6.09. The first kappa shape index (κ1) is 11.7. The summed E-state index contributed by atoms with van der Waals surface area (Å²) in [5, 5.41) is 0. The van der Waals surface area contributed by atoms with Crippen LogP contribution in [-0.2, 0) is 4.74 Å². The first-order chi connectivity index (χ1) is 8.45. The minimum Gasteiger partial charge on any atom is -0.477 e. The lowest BCUT2D eigenvalue weighted by Crippen LogP contribution is -2.25. The molecule has 0 aromatic heterocycles. The highest BCUT2D eigenvalue weighted by atomic mass is 16.5. The maximum Gasteiger partial charge on any atom is 0.206 e. The van der Waals surface area contributed by atoms with E-state index >= 15 is 0 Å². The van der Waals surface area contributed by atoms with Crippen LogP contribution in [0.2, 0.25) is 0 Å². The van der Waals surface area contributed by atoms with E-state index in [0.29, 0.717) is 12.6 Å². The molecule has 2 aliphatic rings. The number of nitrogens with zero attached hydrogens (tertiary/aromatic N) is 2. The first-order valence-electron chi connectivity index (χ1n) is 6.46. The lowest BCUT2D eigenvalue weighted by molar-refractivity contribution is 0.265. The molecule has 0 spiro atoms. The molecule has 1 aromatic rings. The zero-order valence-corrected chi connectivity index (χ0v) is 11.5. The van der Waals surface area contributed by atoms with Gasteiger partial charge in [0, 0.05) is 0 Å². The van der Waals surface area contributed by atoms with Crippen molar-refractivity contribution in [2.24, 2.45) is 4.99 Å². The molecule has 96 valence electrons. The van der Waals surface area contributed by atoms with Crippen molar-refractivity contribution in [3.05, 3.63) is 35.9 Å². The average Bonchev–Trinajstić information content (AvgIpc) is 2.69. The third-order valence-electron chi connectivity index (χ3n) is 4.10. The van der Waals surface area contributed by atoms with Crippen molar-refractivity contribution >= 4 is 5.90 Å². The smallest absolute Gasteiger partial charge is 0.206 e. The lowest BCUT2D eigenvalue weighted by atomic mass is 10.0. The Morgan fingerprint density at radius 3 is 2.44 bits per heavy atom. The quantitative estimate of drug-likeness (QED) is 0.747. The van der Waals surface area contributed by atoms with Gasteiger partial charge in [0.25, 0.3) is 0 Å². The summed E-state index contributed by atoms with van der Waals surface area (Å²) in [7, 11) is 2.13. The Morgan fingerprint density at radius 1 is 1.22 bits per heavy atom. The van der Waals surface area contributed by atoms with E-state index in [1.807, 2.05) is 0 Å². The third-order valence-corrected chi connectivity index (χ3v) is 4.10. The van der Waals surface area contributed by atoms with Gasteiger partial charge in [0.05, 0.1) is 11.6 Å². The van der Waals surface area contributed by atoms with Crippen LogP contribution in [0.15, 0.2) is 35.3 Å². The second-order valence-corrected chi connectivity index (χ2v) is 6.09. The summed E-state index contributed by atoms with van der Waals surface area (Å²) in [5.74, 6) is 0.892. The Labute approximate surface area is 108 Å². The molecule has 1 unspecified atom stereocenters. The number of rotatable bonds is 2. The summed E-state index contributed by atoms with van der Waals surface area (Å²) >= 11 is 0. The fourth-order valence-corrected chi connectivity index (χ4v) is 2.84. The largest absolute Gasteiger partial charge is 0.477 e. The van der Waals surface area contributed by atoms with Crippen LogP contribution in [0.1, 0.15) is 32.4 Å². The van der Waals surface area contributed by atoms with Crippen LogP contribution in [0.5, 0.6) is 0 Å². The molecular formula is C15H20N2O. The average molecular weight is 244 g/mol. The molecule has 0 bridgehead atoms. The molecule has 1 saturated heterocycles.